The molecule has 18 heavy (non-hydrogen) atoms. The third-order valence-electron chi connectivity index (χ3n) is 4.67. The molecule has 4 rings (SSSR count). The fourth-order valence-corrected chi connectivity index (χ4v) is 3.93. The van der Waals surface area contributed by atoms with Gasteiger partial charge >= 0.3 is 0 Å². The summed E-state index contributed by atoms with van der Waals surface area (Å²) >= 11 is 0. The molecule has 2 aliphatic carbocycles. The van der Waals surface area contributed by atoms with Crippen molar-refractivity contribution in [1.29, 1.82) is 5.26 Å². The highest BCUT2D eigenvalue weighted by molar-refractivity contribution is 5.48. The van der Waals surface area contributed by atoms with E-state index in [1.54, 1.807) is 0 Å². The molecule has 1 aromatic rings. The van der Waals surface area contributed by atoms with Crippen molar-refractivity contribution in [2.24, 2.45) is 28.1 Å². The number of fused-ring (bicyclic) bond motifs is 5. The maximum absolute atomic E-state index is 9.16. The van der Waals surface area contributed by atoms with Crippen LogP contribution in [0.5, 0.6) is 0 Å². The lowest BCUT2D eigenvalue weighted by molar-refractivity contribution is 0.330. The average Bonchev–Trinajstić information content (AvgIpc) is 3.10. The molecule has 90 valence electrons. The van der Waals surface area contributed by atoms with Crippen LogP contribution in [0.25, 0.3) is 0 Å². The van der Waals surface area contributed by atoms with E-state index in [1.165, 1.54) is 0 Å². The molecule has 4 nitrogen and oxygen atoms in total. The van der Waals surface area contributed by atoms with Gasteiger partial charge in [0.05, 0.1) is 29.8 Å². The maximum Gasteiger partial charge on any atom is 0.0997 e. The number of rotatable bonds is 1. The van der Waals surface area contributed by atoms with E-state index in [0.29, 0.717) is 17.9 Å². The van der Waals surface area contributed by atoms with Crippen molar-refractivity contribution in [3.63, 3.8) is 0 Å². The molecule has 0 amide bonds. The number of nitriles is 1. The zero-order chi connectivity index (χ0) is 12.1. The summed E-state index contributed by atoms with van der Waals surface area (Å²) < 4.78 is 0. The third kappa shape index (κ3) is 1.19. The van der Waals surface area contributed by atoms with Gasteiger partial charge in [-0.1, -0.05) is 23.4 Å². The molecule has 2 fully saturated rings. The zero-order valence-corrected chi connectivity index (χ0v) is 9.98. The number of hydrogen-bond donors (Lipinski definition) is 0. The Kier molecular flexibility index (Phi) is 1.99. The fourth-order valence-electron chi connectivity index (χ4n) is 3.93. The fraction of sp³-hybridized carbons (Fsp3) is 0.500. The number of para-hydroxylation sites is 1. The van der Waals surface area contributed by atoms with Gasteiger partial charge in [0.1, 0.15) is 0 Å². The average molecular weight is 238 g/mol. The van der Waals surface area contributed by atoms with Crippen molar-refractivity contribution in [3.8, 4) is 6.07 Å². The van der Waals surface area contributed by atoms with Crippen LogP contribution < -0.4 is 5.01 Å². The summed E-state index contributed by atoms with van der Waals surface area (Å²) in [6, 6.07) is 13.3. The predicted octanol–water partition coefficient (Wildman–Crippen LogP) is 2.79. The van der Waals surface area contributed by atoms with E-state index in [1.807, 2.05) is 18.2 Å². The Morgan fingerprint density at radius 1 is 1.22 bits per heavy atom. The minimum Gasteiger partial charge on any atom is -0.242 e. The van der Waals surface area contributed by atoms with Gasteiger partial charge in [-0.15, -0.1) is 0 Å². The van der Waals surface area contributed by atoms with E-state index in [4.69, 9.17) is 5.26 Å². The molecule has 1 aliphatic heterocycles. The van der Waals surface area contributed by atoms with Crippen molar-refractivity contribution in [2.75, 3.05) is 5.01 Å². The largest absolute Gasteiger partial charge is 0.242 e. The van der Waals surface area contributed by atoms with Crippen LogP contribution >= 0.6 is 0 Å². The lowest BCUT2D eigenvalue weighted by Crippen LogP contribution is -2.41. The normalized spacial score (nSPS) is 39.9. The van der Waals surface area contributed by atoms with Crippen LogP contribution in [0.2, 0.25) is 0 Å². The van der Waals surface area contributed by atoms with Crippen molar-refractivity contribution in [1.82, 2.24) is 0 Å². The van der Waals surface area contributed by atoms with Gasteiger partial charge in [-0.05, 0) is 30.9 Å². The van der Waals surface area contributed by atoms with Crippen LogP contribution in [0.1, 0.15) is 12.8 Å². The minimum absolute atomic E-state index is 0.200. The van der Waals surface area contributed by atoms with E-state index in [2.05, 4.69) is 33.5 Å². The Balaban J connectivity index is 1.66. The molecular weight excluding hydrogens is 224 g/mol. The van der Waals surface area contributed by atoms with Gasteiger partial charge in [-0.2, -0.15) is 10.4 Å². The van der Waals surface area contributed by atoms with Gasteiger partial charge < -0.3 is 0 Å². The molecule has 1 aromatic carbocycles. The predicted molar refractivity (Wildman–Crippen MR) is 66.7 cm³/mol. The monoisotopic (exact) mass is 238 g/mol. The number of nitrogens with zero attached hydrogens (tertiary/aromatic N) is 4. The summed E-state index contributed by atoms with van der Waals surface area (Å²) in [7, 11) is 0. The van der Waals surface area contributed by atoms with Crippen molar-refractivity contribution < 1.29 is 0 Å². The molecular formula is C14H14N4. The van der Waals surface area contributed by atoms with E-state index in [-0.39, 0.29) is 12.0 Å². The molecule has 0 saturated heterocycles. The van der Waals surface area contributed by atoms with E-state index in [0.717, 1.165) is 18.5 Å². The highest BCUT2D eigenvalue weighted by Gasteiger charge is 2.57. The molecule has 4 heteroatoms. The molecule has 0 spiro atoms. The number of hydrogen-bond acceptors (Lipinski definition) is 4. The Morgan fingerprint density at radius 2 is 2.06 bits per heavy atom. The second kappa shape index (κ2) is 3.55. The highest BCUT2D eigenvalue weighted by Crippen LogP contribution is 2.54. The van der Waals surface area contributed by atoms with Crippen LogP contribution in [0, 0.1) is 29.1 Å². The first-order valence-corrected chi connectivity index (χ1v) is 6.53. The van der Waals surface area contributed by atoms with Gasteiger partial charge in [-0.25, -0.2) is 5.01 Å². The van der Waals surface area contributed by atoms with E-state index >= 15 is 0 Å². The first-order valence-electron chi connectivity index (χ1n) is 6.53. The third-order valence-corrected chi connectivity index (χ3v) is 4.67. The second-order valence-electron chi connectivity index (χ2n) is 5.50. The molecule has 0 radical (unpaired) electrons. The van der Waals surface area contributed by atoms with Crippen LogP contribution in [0.15, 0.2) is 40.7 Å². The quantitative estimate of drug-likeness (QED) is 0.755. The zero-order valence-electron chi connectivity index (χ0n) is 9.98. The standard InChI is InChI=1S/C14H14N4/c15-8-10-6-9-7-12(10)13-14(9)18(17-16-13)11-4-2-1-3-5-11/h1-5,9-10,12-14H,6-7H2/t9-,10-,12-,13+,14+/m1/s1. The minimum atomic E-state index is 0.200. The molecule has 0 unspecified atom stereocenters. The van der Waals surface area contributed by atoms with Gasteiger partial charge in [0.15, 0.2) is 0 Å². The SMILES string of the molecule is N#C[C@H]1C[C@@H]2C[C@H]1[C@@H]1N=NN(c3ccccc3)[C@@H]21. The van der Waals surface area contributed by atoms with E-state index < -0.39 is 0 Å². The van der Waals surface area contributed by atoms with Crippen LogP contribution in [-0.4, -0.2) is 12.1 Å². The number of benzene rings is 1. The Hall–Kier alpha value is -1.89. The molecule has 5 atom stereocenters. The van der Waals surface area contributed by atoms with Gasteiger partial charge in [0, 0.05) is 5.92 Å². The summed E-state index contributed by atoms with van der Waals surface area (Å²) in [6.07, 6.45) is 2.17. The highest BCUT2D eigenvalue weighted by atomic mass is 15.6. The summed E-state index contributed by atoms with van der Waals surface area (Å²) in [5.74, 6) is 1.22. The summed E-state index contributed by atoms with van der Waals surface area (Å²) in [5.41, 5.74) is 1.12. The molecule has 0 aromatic heterocycles. The molecule has 3 aliphatic rings. The van der Waals surface area contributed by atoms with Gasteiger partial charge in [0.25, 0.3) is 0 Å². The topological polar surface area (TPSA) is 51.8 Å². The Morgan fingerprint density at radius 3 is 2.83 bits per heavy atom. The summed E-state index contributed by atoms with van der Waals surface area (Å²) in [6.45, 7) is 0. The summed E-state index contributed by atoms with van der Waals surface area (Å²) in [5, 5.41) is 20.0. The maximum atomic E-state index is 9.16. The van der Waals surface area contributed by atoms with Crippen molar-refractivity contribution in [2.45, 2.75) is 24.9 Å². The van der Waals surface area contributed by atoms with Crippen molar-refractivity contribution >= 4 is 5.69 Å². The van der Waals surface area contributed by atoms with Crippen LogP contribution in [-0.2, 0) is 0 Å². The Labute approximate surface area is 106 Å². The van der Waals surface area contributed by atoms with Crippen LogP contribution in [0.4, 0.5) is 5.69 Å². The molecule has 0 N–H and O–H groups in total. The smallest absolute Gasteiger partial charge is 0.0997 e. The van der Waals surface area contributed by atoms with Crippen molar-refractivity contribution in [3.05, 3.63) is 30.3 Å². The van der Waals surface area contributed by atoms with Gasteiger partial charge in [0.2, 0.25) is 0 Å². The molecule has 1 heterocycles. The lowest BCUT2D eigenvalue weighted by Gasteiger charge is -2.30. The molecule has 2 saturated carbocycles. The lowest BCUT2D eigenvalue weighted by atomic mass is 9.83. The first kappa shape index (κ1) is 10.1. The number of anilines is 1. The molecule has 2 bridgehead atoms. The first-order chi connectivity index (χ1) is 8.88. The van der Waals surface area contributed by atoms with Gasteiger partial charge in [-0.3, -0.25) is 0 Å². The van der Waals surface area contributed by atoms with Crippen LogP contribution in [0.3, 0.4) is 0 Å². The Bertz CT molecular complexity index is 532. The summed E-state index contributed by atoms with van der Waals surface area (Å²) in [4.78, 5) is 0. The van der Waals surface area contributed by atoms with E-state index in [9.17, 15) is 0 Å². The second-order valence-corrected chi connectivity index (χ2v) is 5.50.